The lowest BCUT2D eigenvalue weighted by atomic mass is 10.1. The van der Waals surface area contributed by atoms with Crippen molar-refractivity contribution >= 4 is 17.5 Å². The van der Waals surface area contributed by atoms with Gasteiger partial charge in [0.05, 0.1) is 6.04 Å². The first kappa shape index (κ1) is 18.0. The highest BCUT2D eigenvalue weighted by Crippen LogP contribution is 2.26. The molecule has 134 valence electrons. The minimum absolute atomic E-state index is 0.134. The highest BCUT2D eigenvalue weighted by Gasteiger charge is 2.24. The zero-order chi connectivity index (χ0) is 17.6. The van der Waals surface area contributed by atoms with Crippen LogP contribution >= 0.6 is 11.6 Å². The van der Waals surface area contributed by atoms with Crippen molar-refractivity contribution in [3.8, 4) is 0 Å². The maximum atomic E-state index is 12.4. The molecular formula is C19H25ClN4O. The average molecular weight is 361 g/mol. The Bertz CT molecular complexity index is 709. The molecule has 2 N–H and O–H groups in total. The monoisotopic (exact) mass is 360 g/mol. The van der Waals surface area contributed by atoms with Crippen LogP contribution in [0.5, 0.6) is 0 Å². The second-order valence-corrected chi connectivity index (χ2v) is 6.99. The number of halogens is 1. The molecule has 2 aromatic rings. The van der Waals surface area contributed by atoms with Crippen LogP contribution in [0.4, 0.5) is 0 Å². The number of hydrogen-bond donors (Lipinski definition) is 2. The van der Waals surface area contributed by atoms with Gasteiger partial charge in [-0.25, -0.2) is 0 Å². The first-order chi connectivity index (χ1) is 12.2. The molecule has 5 nitrogen and oxygen atoms in total. The molecule has 0 bridgehead atoms. The SMILES string of the molecule is CCCc1cc(C(=O)NCC(c2cccc(Cl)c2)N2CCCC2)n[nH]1. The van der Waals surface area contributed by atoms with Gasteiger partial charge >= 0.3 is 0 Å². The molecule has 6 heteroatoms. The number of benzene rings is 1. The van der Waals surface area contributed by atoms with Gasteiger partial charge in [-0.15, -0.1) is 0 Å². The number of aryl methyl sites for hydroxylation is 1. The molecular weight excluding hydrogens is 336 g/mol. The van der Waals surface area contributed by atoms with E-state index in [0.717, 1.165) is 42.2 Å². The molecule has 1 aromatic carbocycles. The van der Waals surface area contributed by atoms with Crippen molar-refractivity contribution in [1.29, 1.82) is 0 Å². The molecule has 0 radical (unpaired) electrons. The molecule has 1 unspecified atom stereocenters. The van der Waals surface area contributed by atoms with Gasteiger partial charge in [0, 0.05) is 17.3 Å². The van der Waals surface area contributed by atoms with E-state index in [9.17, 15) is 4.79 Å². The van der Waals surface area contributed by atoms with Crippen LogP contribution in [0, 0.1) is 0 Å². The Morgan fingerprint density at radius 3 is 2.88 bits per heavy atom. The fraction of sp³-hybridized carbons (Fsp3) is 0.474. The summed E-state index contributed by atoms with van der Waals surface area (Å²) in [7, 11) is 0. The third kappa shape index (κ3) is 4.61. The number of carbonyl (C=O) groups is 1. The quantitative estimate of drug-likeness (QED) is 0.793. The van der Waals surface area contributed by atoms with Crippen LogP contribution in [0.1, 0.15) is 54.0 Å². The van der Waals surface area contributed by atoms with Crippen molar-refractivity contribution in [2.75, 3.05) is 19.6 Å². The number of hydrogen-bond acceptors (Lipinski definition) is 3. The van der Waals surface area contributed by atoms with E-state index < -0.39 is 0 Å². The van der Waals surface area contributed by atoms with Crippen LogP contribution in [-0.4, -0.2) is 40.6 Å². The number of amides is 1. The first-order valence-electron chi connectivity index (χ1n) is 8.99. The Hall–Kier alpha value is -1.85. The smallest absolute Gasteiger partial charge is 0.271 e. The van der Waals surface area contributed by atoms with E-state index in [2.05, 4.69) is 33.4 Å². The topological polar surface area (TPSA) is 61.0 Å². The lowest BCUT2D eigenvalue weighted by molar-refractivity contribution is 0.0933. The van der Waals surface area contributed by atoms with E-state index >= 15 is 0 Å². The van der Waals surface area contributed by atoms with Gasteiger partial charge in [-0.1, -0.05) is 37.1 Å². The summed E-state index contributed by atoms with van der Waals surface area (Å²) in [5, 5.41) is 10.8. The molecule has 25 heavy (non-hydrogen) atoms. The zero-order valence-electron chi connectivity index (χ0n) is 14.6. The van der Waals surface area contributed by atoms with Crippen molar-refractivity contribution in [1.82, 2.24) is 20.4 Å². The Morgan fingerprint density at radius 1 is 1.36 bits per heavy atom. The van der Waals surface area contributed by atoms with Gasteiger partial charge in [-0.3, -0.25) is 14.8 Å². The fourth-order valence-electron chi connectivity index (χ4n) is 3.38. The molecule has 1 aliphatic heterocycles. The van der Waals surface area contributed by atoms with Crippen molar-refractivity contribution in [2.24, 2.45) is 0 Å². The number of H-pyrrole nitrogens is 1. The second-order valence-electron chi connectivity index (χ2n) is 6.55. The number of nitrogens with zero attached hydrogens (tertiary/aromatic N) is 2. The predicted octanol–water partition coefficient (Wildman–Crippen LogP) is 3.58. The summed E-state index contributed by atoms with van der Waals surface area (Å²) < 4.78 is 0. The number of rotatable bonds is 7. The molecule has 1 amide bonds. The van der Waals surface area contributed by atoms with Crippen molar-refractivity contribution in [3.63, 3.8) is 0 Å². The third-order valence-electron chi connectivity index (χ3n) is 4.65. The van der Waals surface area contributed by atoms with Crippen molar-refractivity contribution in [3.05, 3.63) is 52.3 Å². The van der Waals surface area contributed by atoms with Crippen molar-refractivity contribution < 1.29 is 4.79 Å². The Morgan fingerprint density at radius 2 is 2.16 bits per heavy atom. The predicted molar refractivity (Wildman–Crippen MR) is 99.9 cm³/mol. The lowest BCUT2D eigenvalue weighted by Crippen LogP contribution is -2.37. The van der Waals surface area contributed by atoms with E-state index in [0.29, 0.717) is 12.2 Å². The molecule has 1 fully saturated rings. The standard InChI is InChI=1S/C19H25ClN4O/c1-2-6-16-12-17(23-22-16)19(25)21-13-18(24-9-3-4-10-24)14-7-5-8-15(20)11-14/h5,7-8,11-12,18H,2-4,6,9-10,13H2,1H3,(H,21,25)(H,22,23). The lowest BCUT2D eigenvalue weighted by Gasteiger charge is -2.28. The first-order valence-corrected chi connectivity index (χ1v) is 9.37. The van der Waals surface area contributed by atoms with E-state index in [4.69, 9.17) is 11.6 Å². The molecule has 2 heterocycles. The van der Waals surface area contributed by atoms with Gasteiger partial charge in [0.1, 0.15) is 5.69 Å². The summed E-state index contributed by atoms with van der Waals surface area (Å²) in [6.45, 7) is 4.76. The van der Waals surface area contributed by atoms with E-state index in [1.54, 1.807) is 0 Å². The summed E-state index contributed by atoms with van der Waals surface area (Å²) in [5.74, 6) is -0.134. The number of nitrogens with one attached hydrogen (secondary N) is 2. The second kappa shape index (κ2) is 8.50. The largest absolute Gasteiger partial charge is 0.349 e. The van der Waals surface area contributed by atoms with E-state index in [1.807, 2.05) is 24.3 Å². The minimum atomic E-state index is -0.134. The Kier molecular flexibility index (Phi) is 6.10. The third-order valence-corrected chi connectivity index (χ3v) is 4.89. The van der Waals surface area contributed by atoms with Gasteiger partial charge < -0.3 is 5.32 Å². The average Bonchev–Trinajstić information content (AvgIpc) is 3.27. The Labute approximate surface area is 153 Å². The molecule has 1 saturated heterocycles. The summed E-state index contributed by atoms with van der Waals surface area (Å²) in [6, 6.07) is 9.89. The van der Waals surface area contributed by atoms with Crippen LogP contribution in [0.3, 0.4) is 0 Å². The van der Waals surface area contributed by atoms with Crippen LogP contribution in [0.25, 0.3) is 0 Å². The van der Waals surface area contributed by atoms with Crippen molar-refractivity contribution in [2.45, 2.75) is 38.6 Å². The number of aromatic nitrogens is 2. The number of aromatic amines is 1. The zero-order valence-corrected chi connectivity index (χ0v) is 15.4. The number of carbonyl (C=O) groups excluding carboxylic acids is 1. The summed E-state index contributed by atoms with van der Waals surface area (Å²) >= 11 is 6.17. The van der Waals surface area contributed by atoms with Crippen LogP contribution < -0.4 is 5.32 Å². The molecule has 1 atom stereocenters. The fourth-order valence-corrected chi connectivity index (χ4v) is 3.58. The van der Waals surface area contributed by atoms with Gasteiger partial charge in [0.25, 0.3) is 5.91 Å². The molecule has 1 aliphatic rings. The molecule has 0 saturated carbocycles. The van der Waals surface area contributed by atoms with Gasteiger partial charge in [-0.05, 0) is 56.1 Å². The normalized spacial score (nSPS) is 16.1. The van der Waals surface area contributed by atoms with Gasteiger partial charge in [0.15, 0.2) is 0 Å². The summed E-state index contributed by atoms with van der Waals surface area (Å²) in [6.07, 6.45) is 4.32. The van der Waals surface area contributed by atoms with Gasteiger partial charge in [-0.2, -0.15) is 5.10 Å². The maximum Gasteiger partial charge on any atom is 0.271 e. The van der Waals surface area contributed by atoms with Crippen LogP contribution in [-0.2, 0) is 6.42 Å². The van der Waals surface area contributed by atoms with Gasteiger partial charge in [0.2, 0.25) is 0 Å². The molecule has 3 rings (SSSR count). The highest BCUT2D eigenvalue weighted by molar-refractivity contribution is 6.30. The molecule has 1 aromatic heterocycles. The minimum Gasteiger partial charge on any atom is -0.349 e. The van der Waals surface area contributed by atoms with E-state index in [1.165, 1.54) is 12.8 Å². The highest BCUT2D eigenvalue weighted by atomic mass is 35.5. The molecule has 0 aliphatic carbocycles. The molecule has 0 spiro atoms. The number of likely N-dealkylation sites (tertiary alicyclic amines) is 1. The maximum absolute atomic E-state index is 12.4. The van der Waals surface area contributed by atoms with E-state index in [-0.39, 0.29) is 11.9 Å². The Balaban J connectivity index is 1.68. The summed E-state index contributed by atoms with van der Waals surface area (Å²) in [4.78, 5) is 14.9. The summed E-state index contributed by atoms with van der Waals surface area (Å²) in [5.41, 5.74) is 2.59. The van der Waals surface area contributed by atoms with Crippen LogP contribution in [0.2, 0.25) is 5.02 Å². The van der Waals surface area contributed by atoms with Crippen LogP contribution in [0.15, 0.2) is 30.3 Å².